The first-order chi connectivity index (χ1) is 21.8. The van der Waals surface area contributed by atoms with Gasteiger partial charge in [0.15, 0.2) is 11.0 Å². The molecule has 0 radical (unpaired) electrons. The minimum Gasteiger partial charge on any atom is -0.507 e. The van der Waals surface area contributed by atoms with Crippen molar-refractivity contribution in [3.63, 3.8) is 0 Å². The monoisotopic (exact) mass is 626 g/mol. The van der Waals surface area contributed by atoms with E-state index in [-0.39, 0.29) is 40.1 Å². The predicted octanol–water partition coefficient (Wildman–Crippen LogP) is 5.11. The molecule has 7 rings (SSSR count). The Bertz CT molecular complexity index is 1950. The third-order valence-corrected chi connectivity index (χ3v) is 9.99. The Labute approximate surface area is 265 Å². The highest BCUT2D eigenvalue weighted by Crippen LogP contribution is 2.53. The summed E-state index contributed by atoms with van der Waals surface area (Å²) in [5.74, 6) is 0.913. The van der Waals surface area contributed by atoms with Gasteiger partial charge in [-0.05, 0) is 82.2 Å². The van der Waals surface area contributed by atoms with Crippen molar-refractivity contribution in [2.45, 2.75) is 95.0 Å². The molecule has 5 N–H and O–H groups in total. The van der Waals surface area contributed by atoms with Crippen molar-refractivity contribution in [1.82, 2.24) is 9.97 Å². The molecule has 3 atom stereocenters. The number of epoxide rings is 1. The van der Waals surface area contributed by atoms with E-state index in [2.05, 4.69) is 16.0 Å². The number of carbonyl (C=O) groups excluding carboxylic acids is 1. The summed E-state index contributed by atoms with van der Waals surface area (Å²) in [7, 11) is 0. The summed E-state index contributed by atoms with van der Waals surface area (Å²) in [6.45, 7) is 7.08. The third kappa shape index (κ3) is 5.02. The standard InChI is InChI=1S/C35H38N4O7/c1-18-11-23(40)30-25(43-18)16-24-21(31(30)41)15-26(33(2,3)45-24)44-32(42)34(4)27(46-34)17-35(8-5-6-9-35)20-13-22(39-29(37)14-20)19-7-10-38-28(36)12-19/h7,10-14,16,26-27,41H,5-6,8-9,15,17H2,1-4H3,(H2,36,38)(H2,37,39). The van der Waals surface area contributed by atoms with Crippen LogP contribution in [0.25, 0.3) is 22.2 Å². The highest BCUT2D eigenvalue weighted by molar-refractivity contribution is 5.87. The minimum atomic E-state index is -1.14. The first kappa shape index (κ1) is 30.0. The molecule has 1 aliphatic carbocycles. The zero-order valence-electron chi connectivity index (χ0n) is 26.4. The van der Waals surface area contributed by atoms with Crippen LogP contribution in [0.4, 0.5) is 11.6 Å². The second kappa shape index (κ2) is 10.4. The van der Waals surface area contributed by atoms with Crippen LogP contribution in [0, 0.1) is 6.92 Å². The maximum Gasteiger partial charge on any atom is 0.341 e. The molecular formula is C35H38N4O7. The number of phenolic OH excluding ortho intramolecular Hbond substituents is 1. The molecule has 3 unspecified atom stereocenters. The molecule has 5 heterocycles. The van der Waals surface area contributed by atoms with Gasteiger partial charge in [0, 0.05) is 35.9 Å². The molecule has 1 saturated carbocycles. The molecule has 0 spiro atoms. The maximum absolute atomic E-state index is 13.8. The molecule has 2 fully saturated rings. The number of nitrogens with zero attached hydrogens (tertiary/aromatic N) is 2. The van der Waals surface area contributed by atoms with Crippen molar-refractivity contribution in [3.05, 3.63) is 69.7 Å². The van der Waals surface area contributed by atoms with Crippen LogP contribution < -0.4 is 21.6 Å². The van der Waals surface area contributed by atoms with Crippen molar-refractivity contribution in [2.75, 3.05) is 11.5 Å². The van der Waals surface area contributed by atoms with E-state index in [4.69, 9.17) is 30.1 Å². The number of pyridine rings is 2. The van der Waals surface area contributed by atoms with Gasteiger partial charge in [0.1, 0.15) is 51.6 Å². The number of aromatic nitrogens is 2. The number of ether oxygens (including phenoxy) is 3. The summed E-state index contributed by atoms with van der Waals surface area (Å²) in [5.41, 5.74) is 12.8. The molecule has 2 aliphatic heterocycles. The minimum absolute atomic E-state index is 0.0736. The Balaban J connectivity index is 1.12. The van der Waals surface area contributed by atoms with Gasteiger partial charge in [-0.1, -0.05) is 12.8 Å². The van der Waals surface area contributed by atoms with Crippen molar-refractivity contribution >= 4 is 28.6 Å². The smallest absolute Gasteiger partial charge is 0.341 e. The number of aromatic hydroxyl groups is 1. The number of fused-ring (bicyclic) bond motifs is 2. The number of phenols is 1. The number of anilines is 2. The third-order valence-electron chi connectivity index (χ3n) is 9.99. The van der Waals surface area contributed by atoms with Gasteiger partial charge in [-0.2, -0.15) is 0 Å². The molecule has 11 nitrogen and oxygen atoms in total. The lowest BCUT2D eigenvalue weighted by Crippen LogP contribution is -2.50. The highest BCUT2D eigenvalue weighted by atomic mass is 16.7. The number of aryl methyl sites for hydroxylation is 1. The highest BCUT2D eigenvalue weighted by Gasteiger charge is 2.63. The molecule has 0 amide bonds. The lowest BCUT2D eigenvalue weighted by atomic mass is 9.74. The van der Waals surface area contributed by atoms with Gasteiger partial charge in [0.25, 0.3) is 0 Å². The van der Waals surface area contributed by atoms with Crippen LogP contribution in [0.2, 0.25) is 0 Å². The number of nitrogen functional groups attached to an aromatic ring is 2. The van der Waals surface area contributed by atoms with Crippen LogP contribution in [0.15, 0.2) is 51.8 Å². The van der Waals surface area contributed by atoms with Crippen molar-refractivity contribution in [2.24, 2.45) is 0 Å². The molecule has 3 aliphatic rings. The number of rotatable bonds is 6. The second-order valence-corrected chi connectivity index (χ2v) is 13.6. The van der Waals surface area contributed by atoms with Crippen molar-refractivity contribution in [3.8, 4) is 22.8 Å². The van der Waals surface area contributed by atoms with Gasteiger partial charge in [-0.3, -0.25) is 4.79 Å². The Morgan fingerprint density at radius 1 is 1.09 bits per heavy atom. The van der Waals surface area contributed by atoms with Gasteiger partial charge in [0.2, 0.25) is 0 Å². The summed E-state index contributed by atoms with van der Waals surface area (Å²) in [4.78, 5) is 35.1. The van der Waals surface area contributed by atoms with Gasteiger partial charge in [-0.25, -0.2) is 14.8 Å². The normalized spacial score (nSPS) is 24.3. The Hall–Kier alpha value is -4.64. The largest absolute Gasteiger partial charge is 0.507 e. The number of esters is 1. The Morgan fingerprint density at radius 3 is 2.59 bits per heavy atom. The van der Waals surface area contributed by atoms with Crippen molar-refractivity contribution < 1.29 is 28.5 Å². The van der Waals surface area contributed by atoms with Crippen LogP contribution in [-0.2, 0) is 26.1 Å². The fourth-order valence-electron chi connectivity index (χ4n) is 7.25. The molecular weight excluding hydrogens is 588 g/mol. The zero-order chi connectivity index (χ0) is 32.6. The van der Waals surface area contributed by atoms with E-state index in [0.29, 0.717) is 35.1 Å². The van der Waals surface area contributed by atoms with E-state index >= 15 is 0 Å². The van der Waals surface area contributed by atoms with Gasteiger partial charge in [-0.15, -0.1) is 0 Å². The SMILES string of the molecule is Cc1cc(=O)c2c(O)c3c(cc2o1)OC(C)(C)C(OC(=O)C1(C)OC1CC1(c2cc(N)nc(-c4ccnc(N)c4)c2)CCCC1)C3. The molecule has 46 heavy (non-hydrogen) atoms. The Kier molecular flexibility index (Phi) is 6.82. The van der Waals surface area contributed by atoms with Gasteiger partial charge < -0.3 is 35.2 Å². The maximum atomic E-state index is 13.8. The molecule has 3 aromatic heterocycles. The van der Waals surface area contributed by atoms with E-state index in [1.54, 1.807) is 32.2 Å². The molecule has 240 valence electrons. The van der Waals surface area contributed by atoms with Gasteiger partial charge in [0.05, 0.1) is 11.8 Å². The zero-order valence-corrected chi connectivity index (χ0v) is 26.4. The number of hydrogen-bond donors (Lipinski definition) is 3. The lowest BCUT2D eigenvalue weighted by molar-refractivity contribution is -0.167. The molecule has 1 saturated heterocycles. The van der Waals surface area contributed by atoms with E-state index in [1.807, 2.05) is 26.0 Å². The molecule has 0 bridgehead atoms. The summed E-state index contributed by atoms with van der Waals surface area (Å²) in [6, 6.07) is 10.6. The van der Waals surface area contributed by atoms with Crippen LogP contribution in [-0.4, -0.2) is 44.5 Å². The fourth-order valence-corrected chi connectivity index (χ4v) is 7.25. The van der Waals surface area contributed by atoms with E-state index in [0.717, 1.165) is 42.5 Å². The predicted molar refractivity (Wildman–Crippen MR) is 172 cm³/mol. The first-order valence-electron chi connectivity index (χ1n) is 15.7. The van der Waals surface area contributed by atoms with Crippen LogP contribution in [0.3, 0.4) is 0 Å². The average molecular weight is 627 g/mol. The van der Waals surface area contributed by atoms with Crippen molar-refractivity contribution in [1.29, 1.82) is 0 Å². The van der Waals surface area contributed by atoms with Crippen LogP contribution >= 0.6 is 0 Å². The number of carbonyl (C=O) groups is 1. The van der Waals surface area contributed by atoms with Gasteiger partial charge >= 0.3 is 5.97 Å². The molecule has 4 aromatic rings. The van der Waals surface area contributed by atoms with Crippen LogP contribution in [0.5, 0.6) is 11.5 Å². The average Bonchev–Trinajstić information content (AvgIpc) is 3.39. The quantitative estimate of drug-likeness (QED) is 0.191. The summed E-state index contributed by atoms with van der Waals surface area (Å²) >= 11 is 0. The summed E-state index contributed by atoms with van der Waals surface area (Å²) < 4.78 is 24.2. The lowest BCUT2D eigenvalue weighted by Gasteiger charge is -2.39. The fraction of sp³-hybridized carbons (Fsp3) is 0.429. The van der Waals surface area contributed by atoms with Crippen LogP contribution in [0.1, 0.15) is 69.8 Å². The van der Waals surface area contributed by atoms with E-state index in [9.17, 15) is 14.7 Å². The molecule has 11 heteroatoms. The van der Waals surface area contributed by atoms with E-state index in [1.165, 1.54) is 6.07 Å². The summed E-state index contributed by atoms with van der Waals surface area (Å²) in [6.07, 6.45) is 5.29. The number of benzene rings is 1. The van der Waals surface area contributed by atoms with E-state index < -0.39 is 23.3 Å². The number of hydrogen-bond acceptors (Lipinski definition) is 11. The second-order valence-electron chi connectivity index (χ2n) is 13.6. The topological polar surface area (TPSA) is 176 Å². The number of nitrogens with two attached hydrogens (primary N) is 2. The Morgan fingerprint density at radius 2 is 1.85 bits per heavy atom. The summed E-state index contributed by atoms with van der Waals surface area (Å²) in [5, 5.41) is 11.2. The molecule has 1 aromatic carbocycles. The first-order valence-corrected chi connectivity index (χ1v) is 15.7.